The molecule has 5 rings (SSSR count). The molecule has 0 spiro atoms. The second kappa shape index (κ2) is 78.1. The highest BCUT2D eigenvalue weighted by Gasteiger charge is 2.27. The van der Waals surface area contributed by atoms with Gasteiger partial charge in [0.15, 0.2) is 6.61 Å². The summed E-state index contributed by atoms with van der Waals surface area (Å²) < 4.78 is 184. The molecule has 744 valence electrons. The molecule has 0 fully saturated rings. The quantitative estimate of drug-likeness (QED) is 0.00680. The summed E-state index contributed by atoms with van der Waals surface area (Å²) in [4.78, 5) is 57.5. The van der Waals surface area contributed by atoms with Crippen molar-refractivity contribution in [3.8, 4) is 17.5 Å². The van der Waals surface area contributed by atoms with Crippen molar-refractivity contribution >= 4 is 90.2 Å². The van der Waals surface area contributed by atoms with Crippen molar-refractivity contribution in [3.63, 3.8) is 0 Å². The molecule has 3 amide bonds. The summed E-state index contributed by atoms with van der Waals surface area (Å²) in [5.41, 5.74) is 0. The van der Waals surface area contributed by atoms with Crippen LogP contribution in [0, 0.1) is 0 Å². The topological polar surface area (TPSA) is 521 Å². The van der Waals surface area contributed by atoms with Crippen LogP contribution in [0.5, 0.6) is 17.5 Å². The molecule has 1 aromatic heterocycles. The summed E-state index contributed by atoms with van der Waals surface area (Å²) in [6.07, 6.45) is 0.941. The number of rotatable bonds is 94. The number of unbranched alkanes of at least 4 members (excludes halogenated alkanes) is 2. The molecule has 0 radical (unpaired) electrons. The fourth-order valence-corrected chi connectivity index (χ4v) is 13.2. The number of hydrogen-bond acceptors (Lipinski definition) is 42. The minimum absolute atomic E-state index is 0.0151. The number of nitrogens with zero attached hydrogens (tertiary/aromatic N) is 1. The lowest BCUT2D eigenvalue weighted by Crippen LogP contribution is -2.49. The molecule has 4 aromatic carbocycles. The van der Waals surface area contributed by atoms with Gasteiger partial charge in [-0.15, -0.1) is 13.4 Å². The molecule has 45 nitrogen and oxygen atoms in total. The number of ether oxygens (including phenoxy) is 25. The van der Waals surface area contributed by atoms with Gasteiger partial charge in [0.1, 0.15) is 16.7 Å². The van der Waals surface area contributed by atoms with E-state index < -0.39 is 63.1 Å². The molecule has 0 aliphatic carbocycles. The van der Waals surface area contributed by atoms with E-state index in [1.165, 1.54) is 18.2 Å². The second-order valence-corrected chi connectivity index (χ2v) is 29.9. The Hall–Kier alpha value is -6.11. The van der Waals surface area contributed by atoms with Gasteiger partial charge in [-0.2, -0.15) is 8.42 Å². The lowest BCUT2D eigenvalue weighted by atomic mass is 9.93. The van der Waals surface area contributed by atoms with Crippen LogP contribution >= 0.6 is 24.1 Å². The number of aromatic nitrogens is 1. The predicted molar refractivity (Wildman–Crippen MR) is 462 cm³/mol. The van der Waals surface area contributed by atoms with E-state index >= 15 is 0 Å². The zero-order chi connectivity index (χ0) is 92.9. The highest BCUT2D eigenvalue weighted by atomic mass is 32.2. The molecule has 0 saturated heterocycles. The molecular weight excluding hydrogens is 1790 g/mol. The summed E-state index contributed by atoms with van der Waals surface area (Å²) in [5.74, 6) is -3.44. The van der Waals surface area contributed by atoms with Crippen LogP contribution in [-0.4, -0.2) is 405 Å². The lowest BCUT2D eigenvalue weighted by molar-refractivity contribution is -0.432. The molecule has 1 heterocycles. The van der Waals surface area contributed by atoms with Crippen molar-refractivity contribution in [3.05, 3.63) is 48.5 Å². The van der Waals surface area contributed by atoms with E-state index in [0.717, 1.165) is 18.2 Å². The highest BCUT2D eigenvalue weighted by molar-refractivity contribution is 7.95. The van der Waals surface area contributed by atoms with Crippen LogP contribution in [-0.2, 0) is 162 Å². The first-order valence-electron chi connectivity index (χ1n) is 42.9. The van der Waals surface area contributed by atoms with Gasteiger partial charge in [0.25, 0.3) is 16.0 Å². The van der Waals surface area contributed by atoms with Crippen molar-refractivity contribution < 1.29 is 195 Å². The molecule has 130 heavy (non-hydrogen) atoms. The minimum atomic E-state index is -4.87. The van der Waals surface area contributed by atoms with E-state index in [1.54, 1.807) is 19.2 Å². The summed E-state index contributed by atoms with van der Waals surface area (Å²) in [5, 5.41) is 54.9. The van der Waals surface area contributed by atoms with Crippen molar-refractivity contribution in [1.82, 2.24) is 20.7 Å². The van der Waals surface area contributed by atoms with Crippen LogP contribution in [0.3, 0.4) is 0 Å². The Morgan fingerprint density at radius 2 is 0.685 bits per heavy atom. The van der Waals surface area contributed by atoms with Gasteiger partial charge in [0.05, 0.1) is 340 Å². The number of aromatic hydroxyl groups is 2. The fraction of sp³-hybridized carbons (Fsp3) is 0.707. The second-order valence-electron chi connectivity index (χ2n) is 27.0. The summed E-state index contributed by atoms with van der Waals surface area (Å²) in [6.45, 7) is 19.9. The third-order valence-electron chi connectivity index (χ3n) is 17.5. The average molecular weight is 1930 g/mol. The van der Waals surface area contributed by atoms with Gasteiger partial charge < -0.3 is 149 Å². The SMILES string of the molecule is COCCOCCOCCOCCOCCOCCOCCOCCOCCOCCOCCOCCOCCOCCOCCOCCOCCOCCOCCOCCOCCOCCOCCOCCNC(=O)C(CCC(=O)NCCCCCC(=O)On1c(O)ccc1O)NC(=O)COc1cc(SOOO)c2ccc3c(SOOO)cc(S(=O)(=O)O)c4ccc1c2c34. The first-order valence-corrected chi connectivity index (χ1v) is 45.8. The van der Waals surface area contributed by atoms with E-state index in [1.807, 2.05) is 0 Å². The number of methoxy groups -OCH3 is 1. The van der Waals surface area contributed by atoms with Crippen molar-refractivity contribution in [2.75, 3.05) is 337 Å². The Morgan fingerprint density at radius 3 is 1.02 bits per heavy atom. The monoisotopic (exact) mass is 1920 g/mol. The van der Waals surface area contributed by atoms with Gasteiger partial charge in [-0.3, -0.25) is 18.9 Å². The predicted octanol–water partition coefficient (Wildman–Crippen LogP) is 4.02. The van der Waals surface area contributed by atoms with Crippen molar-refractivity contribution in [1.29, 1.82) is 0 Å². The van der Waals surface area contributed by atoms with E-state index in [-0.39, 0.29) is 85.1 Å². The fourth-order valence-electron chi connectivity index (χ4n) is 11.3. The van der Waals surface area contributed by atoms with E-state index in [4.69, 9.17) is 138 Å². The Bertz CT molecular complexity index is 3760. The molecule has 1 atom stereocenters. The van der Waals surface area contributed by atoms with Gasteiger partial charge in [0, 0.05) is 71.6 Å². The maximum absolute atomic E-state index is 13.8. The Balaban J connectivity index is 0.752. The Labute approximate surface area is 764 Å². The first kappa shape index (κ1) is 114. The maximum atomic E-state index is 13.8. The largest absolute Gasteiger partial charge is 0.492 e. The summed E-state index contributed by atoms with van der Waals surface area (Å²) in [7, 11) is -3.23. The van der Waals surface area contributed by atoms with Crippen LogP contribution in [0.4, 0.5) is 0 Å². The third-order valence-corrected chi connectivity index (χ3v) is 19.7. The molecule has 1 unspecified atom stereocenters. The van der Waals surface area contributed by atoms with Crippen LogP contribution in [0.2, 0.25) is 0 Å². The van der Waals surface area contributed by atoms with Crippen LogP contribution in [0.25, 0.3) is 32.3 Å². The third kappa shape index (κ3) is 55.0. The van der Waals surface area contributed by atoms with Crippen molar-refractivity contribution in [2.24, 2.45) is 0 Å². The van der Waals surface area contributed by atoms with Gasteiger partial charge in [-0.25, -0.2) is 15.3 Å². The molecule has 0 bridgehead atoms. The first-order chi connectivity index (χ1) is 63.8. The molecule has 5 aromatic rings. The lowest BCUT2D eigenvalue weighted by Gasteiger charge is -2.20. The summed E-state index contributed by atoms with van der Waals surface area (Å²) in [6, 6.07) is 9.77. The van der Waals surface area contributed by atoms with Crippen LogP contribution in [0.15, 0.2) is 63.2 Å². The smallest absolute Gasteiger partial charge is 0.333 e. The highest BCUT2D eigenvalue weighted by Crippen LogP contribution is 2.47. The molecule has 8 N–H and O–H groups in total. The van der Waals surface area contributed by atoms with Gasteiger partial charge in [-0.05, 0) is 48.2 Å². The maximum Gasteiger partial charge on any atom is 0.333 e. The Kier molecular flexibility index (Phi) is 68.7. The van der Waals surface area contributed by atoms with Gasteiger partial charge >= 0.3 is 5.97 Å². The molecule has 0 aliphatic heterocycles. The molecule has 0 saturated carbocycles. The van der Waals surface area contributed by atoms with E-state index in [2.05, 4.69) is 30.4 Å². The number of benzene rings is 4. The number of nitrogens with one attached hydrogen (secondary N) is 3. The average Bonchev–Trinajstić information content (AvgIpc) is 0.766. The minimum Gasteiger partial charge on any atom is -0.492 e. The zero-order valence-corrected chi connectivity index (χ0v) is 76.3. The van der Waals surface area contributed by atoms with Crippen molar-refractivity contribution in [2.45, 2.75) is 59.3 Å². The van der Waals surface area contributed by atoms with Gasteiger partial charge in [-0.1, -0.05) is 34.7 Å². The molecule has 0 aliphatic rings. The normalized spacial score (nSPS) is 12.1. The number of carbonyl (C=O) groups excluding carboxylic acids is 4. The standard InChI is InChI=1S/C82H132N4O41S3/c1-98-17-18-100-21-22-102-25-26-104-29-30-106-33-34-108-37-38-110-41-42-112-45-46-114-49-50-116-53-54-118-57-58-120-61-62-121-60-59-119-56-55-117-52-51-115-48-47-113-44-43-111-40-39-109-36-35-107-32-31-105-28-27-103-24-23-101-20-19-99-16-15-84-82(92)70(10-11-75(87)83-14-4-2-3-5-79(91)123-86-77(89)12-13-78(86)90)85-76(88)65-122-71-63-72(128-126-124-93)67-7-8-68-73(129-127-125-94)64-74(130(95,96)97)69-9-6-66(71)80(67)81(68)69/h6-9,12-13,63-64,70,89-90,93-94H,2-5,10-11,14-62,65H2,1H3,(H,83,87)(H,84,92)(H,85,88)(H,95,96,97). The van der Waals surface area contributed by atoms with Gasteiger partial charge in [0.2, 0.25) is 23.6 Å². The summed E-state index contributed by atoms with van der Waals surface area (Å²) >= 11 is 0.989. The zero-order valence-electron chi connectivity index (χ0n) is 73.9. The molecule has 48 heteroatoms. The Morgan fingerprint density at radius 1 is 0.369 bits per heavy atom. The van der Waals surface area contributed by atoms with Crippen LogP contribution in [0.1, 0.15) is 38.5 Å². The van der Waals surface area contributed by atoms with E-state index in [0.29, 0.717) is 354 Å². The van der Waals surface area contributed by atoms with E-state index in [9.17, 15) is 42.4 Å². The van der Waals surface area contributed by atoms with Crippen LogP contribution < -0.4 is 25.5 Å². The number of amides is 3. The number of carbonyl (C=O) groups is 4. The molecular formula is C82H132N4O41S3. The number of hydrogen-bond donors (Lipinski definition) is 8.